The molecule has 2 rings (SSSR count). The molecule has 106 valence electrons. The van der Waals surface area contributed by atoms with Gasteiger partial charge in [0, 0.05) is 24.0 Å². The zero-order valence-electron chi connectivity index (χ0n) is 11.5. The van der Waals surface area contributed by atoms with E-state index in [0.717, 1.165) is 10.9 Å². The van der Waals surface area contributed by atoms with Gasteiger partial charge in [-0.05, 0) is 29.8 Å². The third-order valence-electron chi connectivity index (χ3n) is 3.12. The summed E-state index contributed by atoms with van der Waals surface area (Å²) in [5.74, 6) is -0.0252. The minimum atomic E-state index is -0.0252. The Morgan fingerprint density at radius 1 is 1.10 bits per heavy atom. The molecule has 21 heavy (non-hydrogen) atoms. The van der Waals surface area contributed by atoms with Crippen molar-refractivity contribution in [3.63, 3.8) is 0 Å². The van der Waals surface area contributed by atoms with E-state index in [1.54, 1.807) is 29.2 Å². The monoisotopic (exact) mass is 342 g/mol. The Morgan fingerprint density at radius 3 is 2.33 bits per heavy atom. The Labute approximate surface area is 132 Å². The van der Waals surface area contributed by atoms with Crippen LogP contribution < -0.4 is 0 Å². The van der Waals surface area contributed by atoms with Crippen LogP contribution in [-0.2, 0) is 6.54 Å². The summed E-state index contributed by atoms with van der Waals surface area (Å²) < 4.78 is 0. The number of hydrogen-bond donors (Lipinski definition) is 0. The standard InChI is InChI=1S/C17H15BrN2O/c18-10-11-20(13-15-4-2-1-3-5-15)17(21)16-8-6-14(12-19)7-9-16/h1-9H,10-11,13H2. The first-order valence-electron chi connectivity index (χ1n) is 6.64. The molecule has 2 aromatic rings. The molecule has 0 fully saturated rings. The second kappa shape index (κ2) is 7.61. The largest absolute Gasteiger partial charge is 0.333 e. The van der Waals surface area contributed by atoms with E-state index in [2.05, 4.69) is 22.0 Å². The molecule has 0 radical (unpaired) electrons. The first kappa shape index (κ1) is 15.3. The van der Waals surface area contributed by atoms with Crippen molar-refractivity contribution < 1.29 is 4.79 Å². The number of carbonyl (C=O) groups is 1. The van der Waals surface area contributed by atoms with Gasteiger partial charge in [0.15, 0.2) is 0 Å². The van der Waals surface area contributed by atoms with E-state index >= 15 is 0 Å². The molecule has 0 aliphatic heterocycles. The maximum Gasteiger partial charge on any atom is 0.254 e. The summed E-state index contributed by atoms with van der Waals surface area (Å²) in [6.45, 7) is 1.21. The van der Waals surface area contributed by atoms with Crippen molar-refractivity contribution in [2.75, 3.05) is 11.9 Å². The highest BCUT2D eigenvalue weighted by Crippen LogP contribution is 2.11. The Hall–Kier alpha value is -2.12. The number of nitrogens with zero attached hydrogens (tertiary/aromatic N) is 2. The normalized spacial score (nSPS) is 9.90. The lowest BCUT2D eigenvalue weighted by Gasteiger charge is -2.22. The molecule has 0 aromatic heterocycles. The molecule has 0 heterocycles. The molecule has 2 aromatic carbocycles. The van der Waals surface area contributed by atoms with E-state index < -0.39 is 0 Å². The number of alkyl halides is 1. The number of amides is 1. The van der Waals surface area contributed by atoms with Gasteiger partial charge in [-0.1, -0.05) is 46.3 Å². The number of hydrogen-bond acceptors (Lipinski definition) is 2. The van der Waals surface area contributed by atoms with Gasteiger partial charge in [0.2, 0.25) is 0 Å². The van der Waals surface area contributed by atoms with Gasteiger partial charge in [0.1, 0.15) is 0 Å². The van der Waals surface area contributed by atoms with E-state index in [4.69, 9.17) is 5.26 Å². The number of benzene rings is 2. The quantitative estimate of drug-likeness (QED) is 0.779. The van der Waals surface area contributed by atoms with Crippen LogP contribution in [-0.4, -0.2) is 22.7 Å². The van der Waals surface area contributed by atoms with Crippen LogP contribution in [0.4, 0.5) is 0 Å². The fraction of sp³-hybridized carbons (Fsp3) is 0.176. The van der Waals surface area contributed by atoms with Crippen LogP contribution in [0.2, 0.25) is 0 Å². The molecule has 0 aliphatic carbocycles. The predicted octanol–water partition coefficient (Wildman–Crippen LogP) is 3.60. The zero-order valence-corrected chi connectivity index (χ0v) is 13.1. The van der Waals surface area contributed by atoms with E-state index in [1.807, 2.05) is 30.3 Å². The number of halogens is 1. The maximum atomic E-state index is 12.6. The highest BCUT2D eigenvalue weighted by molar-refractivity contribution is 9.09. The first-order valence-corrected chi connectivity index (χ1v) is 7.76. The summed E-state index contributed by atoms with van der Waals surface area (Å²) in [7, 11) is 0. The van der Waals surface area contributed by atoms with Crippen LogP contribution in [0.25, 0.3) is 0 Å². The van der Waals surface area contributed by atoms with Crippen molar-refractivity contribution in [2.24, 2.45) is 0 Å². The Morgan fingerprint density at radius 2 is 1.76 bits per heavy atom. The molecule has 3 nitrogen and oxygen atoms in total. The van der Waals surface area contributed by atoms with Crippen molar-refractivity contribution in [3.05, 3.63) is 71.3 Å². The van der Waals surface area contributed by atoms with Crippen LogP contribution in [0.3, 0.4) is 0 Å². The van der Waals surface area contributed by atoms with Gasteiger partial charge in [0.25, 0.3) is 5.91 Å². The smallest absolute Gasteiger partial charge is 0.254 e. The predicted molar refractivity (Wildman–Crippen MR) is 86.1 cm³/mol. The van der Waals surface area contributed by atoms with Crippen molar-refractivity contribution in [1.82, 2.24) is 4.90 Å². The van der Waals surface area contributed by atoms with E-state index in [0.29, 0.717) is 24.2 Å². The van der Waals surface area contributed by atoms with E-state index in [-0.39, 0.29) is 5.91 Å². The molecule has 0 saturated carbocycles. The molecule has 0 aliphatic rings. The minimum absolute atomic E-state index is 0.0252. The summed E-state index contributed by atoms with van der Waals surface area (Å²) in [5, 5.41) is 9.53. The zero-order chi connectivity index (χ0) is 15.1. The molecule has 0 bridgehead atoms. The van der Waals surface area contributed by atoms with Crippen molar-refractivity contribution in [1.29, 1.82) is 5.26 Å². The summed E-state index contributed by atoms with van der Waals surface area (Å²) in [5.41, 5.74) is 2.26. The van der Waals surface area contributed by atoms with Crippen LogP contribution in [0.5, 0.6) is 0 Å². The molecule has 4 heteroatoms. The molecule has 1 amide bonds. The van der Waals surface area contributed by atoms with Crippen LogP contribution >= 0.6 is 15.9 Å². The maximum absolute atomic E-state index is 12.6. The third-order valence-corrected chi connectivity index (χ3v) is 3.47. The Balaban J connectivity index is 2.16. The highest BCUT2D eigenvalue weighted by Gasteiger charge is 2.15. The minimum Gasteiger partial charge on any atom is -0.333 e. The third kappa shape index (κ3) is 4.17. The Kier molecular flexibility index (Phi) is 5.53. The highest BCUT2D eigenvalue weighted by atomic mass is 79.9. The molecule has 0 N–H and O–H groups in total. The SMILES string of the molecule is N#Cc1ccc(C(=O)N(CCBr)Cc2ccccc2)cc1. The summed E-state index contributed by atoms with van der Waals surface area (Å²) in [6.07, 6.45) is 0. The Bertz CT molecular complexity index is 632. The molecule has 0 spiro atoms. The fourth-order valence-corrected chi connectivity index (χ4v) is 2.46. The topological polar surface area (TPSA) is 44.1 Å². The fourth-order valence-electron chi connectivity index (χ4n) is 2.03. The average Bonchev–Trinajstić information content (AvgIpc) is 2.55. The molecular weight excluding hydrogens is 328 g/mol. The van der Waals surface area contributed by atoms with Gasteiger partial charge >= 0.3 is 0 Å². The second-order valence-electron chi connectivity index (χ2n) is 4.59. The van der Waals surface area contributed by atoms with Gasteiger partial charge in [-0.15, -0.1) is 0 Å². The van der Waals surface area contributed by atoms with Crippen molar-refractivity contribution in [3.8, 4) is 6.07 Å². The molecule has 0 unspecified atom stereocenters. The van der Waals surface area contributed by atoms with Gasteiger partial charge in [0.05, 0.1) is 11.6 Å². The van der Waals surface area contributed by atoms with Gasteiger partial charge < -0.3 is 4.90 Å². The van der Waals surface area contributed by atoms with Crippen LogP contribution in [0.15, 0.2) is 54.6 Å². The second-order valence-corrected chi connectivity index (χ2v) is 5.38. The molecule has 0 atom stereocenters. The lowest BCUT2D eigenvalue weighted by molar-refractivity contribution is 0.0754. The lowest BCUT2D eigenvalue weighted by Crippen LogP contribution is -2.32. The van der Waals surface area contributed by atoms with E-state index in [9.17, 15) is 4.79 Å². The van der Waals surface area contributed by atoms with Gasteiger partial charge in [-0.2, -0.15) is 5.26 Å². The molecular formula is C17H15BrN2O. The van der Waals surface area contributed by atoms with E-state index in [1.165, 1.54) is 0 Å². The average molecular weight is 343 g/mol. The van der Waals surface area contributed by atoms with Gasteiger partial charge in [-0.3, -0.25) is 4.79 Å². The van der Waals surface area contributed by atoms with Gasteiger partial charge in [-0.25, -0.2) is 0 Å². The summed E-state index contributed by atoms with van der Waals surface area (Å²) in [6, 6.07) is 18.7. The number of nitriles is 1. The van der Waals surface area contributed by atoms with Crippen molar-refractivity contribution in [2.45, 2.75) is 6.54 Å². The number of carbonyl (C=O) groups excluding carboxylic acids is 1. The van der Waals surface area contributed by atoms with Crippen LogP contribution in [0.1, 0.15) is 21.5 Å². The first-order chi connectivity index (χ1) is 10.2. The summed E-state index contributed by atoms with van der Waals surface area (Å²) in [4.78, 5) is 14.4. The lowest BCUT2D eigenvalue weighted by atomic mass is 10.1. The van der Waals surface area contributed by atoms with Crippen LogP contribution in [0, 0.1) is 11.3 Å². The molecule has 0 saturated heterocycles. The summed E-state index contributed by atoms with van der Waals surface area (Å²) >= 11 is 3.39. The van der Waals surface area contributed by atoms with Crippen molar-refractivity contribution >= 4 is 21.8 Å². The number of rotatable bonds is 5.